The van der Waals surface area contributed by atoms with E-state index in [0.717, 1.165) is 11.1 Å². The molecular formula is C23H37NO4. The van der Waals surface area contributed by atoms with Crippen molar-refractivity contribution in [1.29, 1.82) is 0 Å². The fourth-order valence-electron chi connectivity index (χ4n) is 2.79. The number of hydrogen-bond donors (Lipinski definition) is 2. The summed E-state index contributed by atoms with van der Waals surface area (Å²) in [5.74, 6) is 0.160. The van der Waals surface area contributed by atoms with Gasteiger partial charge in [-0.2, -0.15) is 0 Å². The molecule has 0 aromatic heterocycles. The van der Waals surface area contributed by atoms with Crippen LogP contribution in [0.2, 0.25) is 0 Å². The Morgan fingerprint density at radius 1 is 1.18 bits per heavy atom. The Morgan fingerprint density at radius 2 is 1.79 bits per heavy atom. The Kier molecular flexibility index (Phi) is 9.70. The summed E-state index contributed by atoms with van der Waals surface area (Å²) >= 11 is 0. The molecule has 0 spiro atoms. The fourth-order valence-corrected chi connectivity index (χ4v) is 2.79. The Hall–Kier alpha value is -1.85. The summed E-state index contributed by atoms with van der Waals surface area (Å²) in [7, 11) is 0. The zero-order chi connectivity index (χ0) is 21.3. The Morgan fingerprint density at radius 3 is 2.32 bits per heavy atom. The van der Waals surface area contributed by atoms with Gasteiger partial charge in [0.15, 0.2) is 0 Å². The summed E-state index contributed by atoms with van der Waals surface area (Å²) in [5, 5.41) is 13.5. The molecule has 0 heterocycles. The average Bonchev–Trinajstić information content (AvgIpc) is 2.58. The maximum absolute atomic E-state index is 12.1. The SMILES string of the molecule is C=C(C[C@@H](O)[C@H](NC(=O)OC(C)(C)C)C(C)C)[C@@H](C)COCc1ccccc1. The molecule has 0 aliphatic carbocycles. The summed E-state index contributed by atoms with van der Waals surface area (Å²) < 4.78 is 11.1. The van der Waals surface area contributed by atoms with Crippen molar-refractivity contribution in [1.82, 2.24) is 5.32 Å². The van der Waals surface area contributed by atoms with Crippen molar-refractivity contribution in [3.63, 3.8) is 0 Å². The second-order valence-corrected chi connectivity index (χ2v) is 8.75. The molecule has 28 heavy (non-hydrogen) atoms. The number of rotatable bonds is 10. The summed E-state index contributed by atoms with van der Waals surface area (Å²) in [5.41, 5.74) is 1.45. The first-order valence-electron chi connectivity index (χ1n) is 9.96. The molecule has 0 radical (unpaired) electrons. The van der Waals surface area contributed by atoms with Gasteiger partial charge >= 0.3 is 6.09 Å². The average molecular weight is 392 g/mol. The summed E-state index contributed by atoms with van der Waals surface area (Å²) in [6.07, 6.45) is -0.860. The number of alkyl carbamates (subject to hydrolysis) is 1. The second kappa shape index (κ2) is 11.2. The molecule has 2 N–H and O–H groups in total. The minimum atomic E-state index is -0.739. The van der Waals surface area contributed by atoms with E-state index in [1.165, 1.54) is 0 Å². The second-order valence-electron chi connectivity index (χ2n) is 8.75. The van der Waals surface area contributed by atoms with Crippen molar-refractivity contribution >= 4 is 6.09 Å². The molecule has 1 aromatic carbocycles. The molecule has 1 rings (SSSR count). The molecule has 0 saturated carbocycles. The molecule has 1 aromatic rings. The van der Waals surface area contributed by atoms with Crippen molar-refractivity contribution in [2.45, 2.75) is 72.3 Å². The van der Waals surface area contributed by atoms with Crippen molar-refractivity contribution in [3.05, 3.63) is 48.0 Å². The van der Waals surface area contributed by atoms with Crippen LogP contribution in [0.5, 0.6) is 0 Å². The van der Waals surface area contributed by atoms with Crippen LogP contribution in [0.15, 0.2) is 42.5 Å². The molecule has 0 bridgehead atoms. The van der Waals surface area contributed by atoms with Crippen LogP contribution in [0.4, 0.5) is 4.79 Å². The topological polar surface area (TPSA) is 67.8 Å². The van der Waals surface area contributed by atoms with E-state index in [4.69, 9.17) is 9.47 Å². The van der Waals surface area contributed by atoms with Crippen LogP contribution < -0.4 is 5.32 Å². The highest BCUT2D eigenvalue weighted by Crippen LogP contribution is 2.20. The van der Waals surface area contributed by atoms with E-state index in [2.05, 4.69) is 11.9 Å². The highest BCUT2D eigenvalue weighted by atomic mass is 16.6. The van der Waals surface area contributed by atoms with Crippen molar-refractivity contribution in [3.8, 4) is 0 Å². The van der Waals surface area contributed by atoms with Gasteiger partial charge in [-0.15, -0.1) is 0 Å². The summed E-state index contributed by atoms with van der Waals surface area (Å²) in [6.45, 7) is 16.6. The predicted molar refractivity (Wildman–Crippen MR) is 113 cm³/mol. The van der Waals surface area contributed by atoms with Gasteiger partial charge in [-0.25, -0.2) is 4.79 Å². The normalized spacial score (nSPS) is 15.0. The predicted octanol–water partition coefficient (Wildman–Crippen LogP) is 4.70. The molecule has 158 valence electrons. The lowest BCUT2D eigenvalue weighted by atomic mass is 9.90. The van der Waals surface area contributed by atoms with Crippen LogP contribution in [0.25, 0.3) is 0 Å². The van der Waals surface area contributed by atoms with Gasteiger partial charge in [0.25, 0.3) is 0 Å². The van der Waals surface area contributed by atoms with Crippen LogP contribution in [-0.2, 0) is 16.1 Å². The van der Waals surface area contributed by atoms with Crippen LogP contribution >= 0.6 is 0 Å². The molecule has 0 unspecified atom stereocenters. The Bertz CT molecular complexity index is 607. The van der Waals surface area contributed by atoms with Gasteiger partial charge in [0.1, 0.15) is 5.60 Å². The first kappa shape index (κ1) is 24.2. The monoisotopic (exact) mass is 391 g/mol. The molecule has 5 heteroatoms. The van der Waals surface area contributed by atoms with E-state index < -0.39 is 23.8 Å². The molecule has 3 atom stereocenters. The summed E-state index contributed by atoms with van der Waals surface area (Å²) in [4.78, 5) is 12.1. The quantitative estimate of drug-likeness (QED) is 0.568. The van der Waals surface area contributed by atoms with E-state index in [1.54, 1.807) is 0 Å². The smallest absolute Gasteiger partial charge is 0.407 e. The number of nitrogens with one attached hydrogen (secondary N) is 1. The zero-order valence-electron chi connectivity index (χ0n) is 18.2. The lowest BCUT2D eigenvalue weighted by molar-refractivity contribution is 0.0367. The van der Waals surface area contributed by atoms with Crippen LogP contribution in [0.1, 0.15) is 53.5 Å². The first-order chi connectivity index (χ1) is 13.0. The first-order valence-corrected chi connectivity index (χ1v) is 9.96. The summed E-state index contributed by atoms with van der Waals surface area (Å²) in [6, 6.07) is 9.59. The molecule has 0 fully saturated rings. The molecule has 5 nitrogen and oxygen atoms in total. The van der Waals surface area contributed by atoms with Gasteiger partial charge < -0.3 is 19.9 Å². The minimum absolute atomic E-state index is 0.0555. The fraction of sp³-hybridized carbons (Fsp3) is 0.609. The van der Waals surface area contributed by atoms with Gasteiger partial charge in [0, 0.05) is 5.92 Å². The number of amides is 1. The van der Waals surface area contributed by atoms with Crippen molar-refractivity contribution in [2.75, 3.05) is 6.61 Å². The largest absolute Gasteiger partial charge is 0.444 e. The third kappa shape index (κ3) is 9.38. The molecule has 1 amide bonds. The maximum Gasteiger partial charge on any atom is 0.407 e. The van der Waals surface area contributed by atoms with Crippen LogP contribution in [-0.4, -0.2) is 35.6 Å². The number of aliphatic hydroxyl groups excluding tert-OH is 1. The van der Waals surface area contributed by atoms with Crippen LogP contribution in [0.3, 0.4) is 0 Å². The van der Waals surface area contributed by atoms with E-state index in [-0.39, 0.29) is 11.8 Å². The van der Waals surface area contributed by atoms with Gasteiger partial charge in [0.2, 0.25) is 0 Å². The Labute approximate surface area is 170 Å². The van der Waals surface area contributed by atoms with Crippen molar-refractivity contribution < 1.29 is 19.4 Å². The highest BCUT2D eigenvalue weighted by Gasteiger charge is 2.28. The maximum atomic E-state index is 12.1. The Balaban J connectivity index is 2.50. The van der Waals surface area contributed by atoms with Gasteiger partial charge in [-0.3, -0.25) is 0 Å². The number of benzene rings is 1. The number of carbonyl (C=O) groups excluding carboxylic acids is 1. The standard InChI is InChI=1S/C23H37NO4/c1-16(2)21(24-22(26)28-23(5,6)7)20(25)13-17(3)18(4)14-27-15-19-11-9-8-10-12-19/h8-12,16,18,20-21,25H,3,13-15H2,1-2,4-7H3,(H,24,26)/t18-,20+,21+/m0/s1. The lowest BCUT2D eigenvalue weighted by Crippen LogP contribution is -2.48. The van der Waals surface area contributed by atoms with Gasteiger partial charge in [0.05, 0.1) is 25.4 Å². The minimum Gasteiger partial charge on any atom is -0.444 e. The number of hydrogen-bond acceptors (Lipinski definition) is 4. The third-order valence-electron chi connectivity index (χ3n) is 4.46. The van der Waals surface area contributed by atoms with Crippen LogP contribution in [0, 0.1) is 11.8 Å². The van der Waals surface area contributed by atoms with Crippen molar-refractivity contribution in [2.24, 2.45) is 11.8 Å². The molecule has 0 aliphatic heterocycles. The molecule has 0 saturated heterocycles. The third-order valence-corrected chi connectivity index (χ3v) is 4.46. The van der Waals surface area contributed by atoms with E-state index in [9.17, 15) is 9.90 Å². The van der Waals surface area contributed by atoms with E-state index in [0.29, 0.717) is 19.6 Å². The van der Waals surface area contributed by atoms with Gasteiger partial charge in [-0.1, -0.05) is 63.3 Å². The van der Waals surface area contributed by atoms with E-state index >= 15 is 0 Å². The van der Waals surface area contributed by atoms with Gasteiger partial charge in [-0.05, 0) is 38.7 Å². The number of aliphatic hydroxyl groups is 1. The highest BCUT2D eigenvalue weighted by molar-refractivity contribution is 5.68. The number of carbonyl (C=O) groups is 1. The zero-order valence-corrected chi connectivity index (χ0v) is 18.2. The molecule has 0 aliphatic rings. The van der Waals surface area contributed by atoms with E-state index in [1.807, 2.05) is 71.9 Å². The lowest BCUT2D eigenvalue weighted by Gasteiger charge is -2.30. The molecular weight excluding hydrogens is 354 g/mol. The number of ether oxygens (including phenoxy) is 2.